The van der Waals surface area contributed by atoms with Crippen molar-refractivity contribution < 1.29 is 14.3 Å². The van der Waals surface area contributed by atoms with E-state index < -0.39 is 0 Å². The molecule has 0 spiro atoms. The van der Waals surface area contributed by atoms with E-state index in [2.05, 4.69) is 19.2 Å². The molecule has 6 heteroatoms. The maximum atomic E-state index is 12.9. The molecular formula is C22H28N2O3S. The van der Waals surface area contributed by atoms with Crippen LogP contribution in [0.2, 0.25) is 0 Å². The van der Waals surface area contributed by atoms with Gasteiger partial charge in [0.2, 0.25) is 5.91 Å². The van der Waals surface area contributed by atoms with Crippen LogP contribution in [0.1, 0.15) is 41.4 Å². The predicted molar refractivity (Wildman–Crippen MR) is 112 cm³/mol. The summed E-state index contributed by atoms with van der Waals surface area (Å²) in [6, 6.07) is 11.5. The lowest BCUT2D eigenvalue weighted by Crippen LogP contribution is -2.36. The van der Waals surface area contributed by atoms with Crippen LogP contribution in [0, 0.1) is 11.8 Å². The van der Waals surface area contributed by atoms with Gasteiger partial charge < -0.3 is 15.0 Å². The van der Waals surface area contributed by atoms with Crippen LogP contribution >= 0.6 is 11.3 Å². The second kappa shape index (κ2) is 9.24. The Kier molecular flexibility index (Phi) is 6.73. The number of benzene rings is 1. The Morgan fingerprint density at radius 1 is 1.25 bits per heavy atom. The average Bonchev–Trinajstić information content (AvgIpc) is 3.37. The normalized spacial score (nSPS) is 19.1. The van der Waals surface area contributed by atoms with E-state index >= 15 is 0 Å². The van der Waals surface area contributed by atoms with Gasteiger partial charge in [-0.15, -0.1) is 11.3 Å². The largest absolute Gasteiger partial charge is 0.497 e. The highest BCUT2D eigenvalue weighted by Crippen LogP contribution is 2.35. The minimum atomic E-state index is -0.261. The van der Waals surface area contributed by atoms with Gasteiger partial charge in [0.15, 0.2) is 0 Å². The number of likely N-dealkylation sites (tertiary alicyclic amines) is 1. The number of carbonyl (C=O) groups excluding carboxylic acids is 2. The molecule has 0 aliphatic carbocycles. The summed E-state index contributed by atoms with van der Waals surface area (Å²) in [5.41, 5.74) is 1.03. The number of carbonyl (C=O) groups is 2. The van der Waals surface area contributed by atoms with Gasteiger partial charge in [-0.2, -0.15) is 0 Å². The third kappa shape index (κ3) is 4.73. The lowest BCUT2D eigenvalue weighted by atomic mass is 9.88. The van der Waals surface area contributed by atoms with Gasteiger partial charge in [-0.25, -0.2) is 0 Å². The third-order valence-electron chi connectivity index (χ3n) is 5.22. The van der Waals surface area contributed by atoms with Crippen molar-refractivity contribution in [1.82, 2.24) is 10.2 Å². The first-order chi connectivity index (χ1) is 13.5. The summed E-state index contributed by atoms with van der Waals surface area (Å²) in [6.07, 6.45) is 0.945. The smallest absolute Gasteiger partial charge is 0.263 e. The molecule has 1 fully saturated rings. The molecule has 1 aliphatic rings. The summed E-state index contributed by atoms with van der Waals surface area (Å²) in [4.78, 5) is 28.3. The summed E-state index contributed by atoms with van der Waals surface area (Å²) >= 11 is 1.44. The first-order valence-corrected chi connectivity index (χ1v) is 10.6. The van der Waals surface area contributed by atoms with E-state index in [4.69, 9.17) is 4.74 Å². The Balaban J connectivity index is 1.80. The second-order valence-electron chi connectivity index (χ2n) is 7.65. The fraction of sp³-hybridized carbons (Fsp3) is 0.455. The van der Waals surface area contributed by atoms with E-state index in [9.17, 15) is 9.59 Å². The number of amides is 2. The highest BCUT2D eigenvalue weighted by Gasteiger charge is 2.40. The molecule has 0 bridgehead atoms. The predicted octanol–water partition coefficient (Wildman–Crippen LogP) is 3.77. The van der Waals surface area contributed by atoms with Crippen molar-refractivity contribution >= 4 is 23.2 Å². The number of nitrogens with one attached hydrogen (secondary N) is 1. The molecule has 5 nitrogen and oxygen atoms in total. The molecule has 2 heterocycles. The van der Waals surface area contributed by atoms with Crippen LogP contribution in [0.25, 0.3) is 0 Å². The molecule has 1 N–H and O–H groups in total. The topological polar surface area (TPSA) is 58.6 Å². The van der Waals surface area contributed by atoms with Crippen molar-refractivity contribution in [3.05, 3.63) is 52.2 Å². The van der Waals surface area contributed by atoms with Crippen molar-refractivity contribution in [2.24, 2.45) is 11.8 Å². The van der Waals surface area contributed by atoms with Crippen LogP contribution in [-0.4, -0.2) is 43.5 Å². The molecule has 3 rings (SSSR count). The molecule has 2 unspecified atom stereocenters. The van der Waals surface area contributed by atoms with Crippen LogP contribution in [0.5, 0.6) is 5.75 Å². The Morgan fingerprint density at radius 3 is 2.75 bits per heavy atom. The average molecular weight is 401 g/mol. The van der Waals surface area contributed by atoms with Crippen molar-refractivity contribution in [3.8, 4) is 5.75 Å². The van der Waals surface area contributed by atoms with Crippen LogP contribution in [0.4, 0.5) is 0 Å². The maximum absolute atomic E-state index is 12.9. The van der Waals surface area contributed by atoms with Gasteiger partial charge in [-0.1, -0.05) is 32.0 Å². The third-order valence-corrected chi connectivity index (χ3v) is 6.08. The quantitative estimate of drug-likeness (QED) is 0.770. The summed E-state index contributed by atoms with van der Waals surface area (Å²) in [5.74, 6) is 1.02. The van der Waals surface area contributed by atoms with Gasteiger partial charge in [-0.3, -0.25) is 9.59 Å². The fourth-order valence-corrected chi connectivity index (χ4v) is 4.31. The number of methoxy groups -OCH3 is 1. The molecule has 150 valence electrons. The second-order valence-corrected chi connectivity index (χ2v) is 8.60. The first kappa shape index (κ1) is 20.4. The monoisotopic (exact) mass is 400 g/mol. The van der Waals surface area contributed by atoms with Crippen molar-refractivity contribution in [2.75, 3.05) is 26.7 Å². The standard InChI is InChI=1S/C22H28N2O3S/c1-15(2)9-10-23-21(25)19-14-24(22(26)20-8-5-11-28-20)13-18(19)16-6-4-7-17(12-16)27-3/h4-8,11-12,15,18-19H,9-10,13-14H2,1-3H3,(H,23,25). The fourth-order valence-electron chi connectivity index (χ4n) is 3.62. The molecule has 2 amide bonds. The molecule has 1 saturated heterocycles. The zero-order valence-corrected chi connectivity index (χ0v) is 17.5. The lowest BCUT2D eigenvalue weighted by molar-refractivity contribution is -0.124. The SMILES string of the molecule is COc1cccc(C2CN(C(=O)c3cccs3)CC2C(=O)NCCC(C)C)c1. The Morgan fingerprint density at radius 2 is 2.07 bits per heavy atom. The van der Waals surface area contributed by atoms with Gasteiger partial charge in [0.05, 0.1) is 17.9 Å². The van der Waals surface area contributed by atoms with E-state index in [1.165, 1.54) is 11.3 Å². The molecule has 1 aromatic heterocycles. The number of rotatable bonds is 7. The Hall–Kier alpha value is -2.34. The van der Waals surface area contributed by atoms with Crippen LogP contribution in [-0.2, 0) is 4.79 Å². The van der Waals surface area contributed by atoms with E-state index in [1.807, 2.05) is 46.7 Å². The minimum absolute atomic E-state index is 0.000349. The summed E-state index contributed by atoms with van der Waals surface area (Å²) in [5, 5.41) is 4.97. The number of thiophene rings is 1. The van der Waals surface area contributed by atoms with Crippen LogP contribution in [0.3, 0.4) is 0 Å². The number of hydrogen-bond acceptors (Lipinski definition) is 4. The summed E-state index contributed by atoms with van der Waals surface area (Å²) in [7, 11) is 1.64. The molecule has 1 aromatic carbocycles. The van der Waals surface area contributed by atoms with E-state index in [-0.39, 0.29) is 23.7 Å². The Bertz CT molecular complexity index is 804. The number of ether oxygens (including phenoxy) is 1. The minimum Gasteiger partial charge on any atom is -0.497 e. The van der Waals surface area contributed by atoms with Gasteiger partial charge >= 0.3 is 0 Å². The van der Waals surface area contributed by atoms with E-state index in [0.717, 1.165) is 17.7 Å². The van der Waals surface area contributed by atoms with Gasteiger partial charge in [0, 0.05) is 25.6 Å². The molecule has 28 heavy (non-hydrogen) atoms. The number of nitrogens with zero attached hydrogens (tertiary/aromatic N) is 1. The lowest BCUT2D eigenvalue weighted by Gasteiger charge is -2.19. The molecule has 2 atom stereocenters. The summed E-state index contributed by atoms with van der Waals surface area (Å²) in [6.45, 7) is 5.92. The molecule has 0 saturated carbocycles. The van der Waals surface area contributed by atoms with Gasteiger partial charge in [-0.05, 0) is 41.5 Å². The molecule has 1 aliphatic heterocycles. The van der Waals surface area contributed by atoms with Crippen LogP contribution in [0.15, 0.2) is 41.8 Å². The van der Waals surface area contributed by atoms with E-state index in [0.29, 0.717) is 30.4 Å². The maximum Gasteiger partial charge on any atom is 0.263 e. The first-order valence-electron chi connectivity index (χ1n) is 9.74. The molecular weight excluding hydrogens is 372 g/mol. The highest BCUT2D eigenvalue weighted by molar-refractivity contribution is 7.12. The highest BCUT2D eigenvalue weighted by atomic mass is 32.1. The van der Waals surface area contributed by atoms with Gasteiger partial charge in [0.1, 0.15) is 5.75 Å². The number of hydrogen-bond donors (Lipinski definition) is 1. The van der Waals surface area contributed by atoms with Crippen LogP contribution < -0.4 is 10.1 Å². The van der Waals surface area contributed by atoms with Gasteiger partial charge in [0.25, 0.3) is 5.91 Å². The van der Waals surface area contributed by atoms with E-state index in [1.54, 1.807) is 7.11 Å². The molecule has 2 aromatic rings. The van der Waals surface area contributed by atoms with Crippen molar-refractivity contribution in [1.29, 1.82) is 0 Å². The zero-order valence-electron chi connectivity index (χ0n) is 16.7. The zero-order chi connectivity index (χ0) is 20.1. The molecule has 0 radical (unpaired) electrons. The van der Waals surface area contributed by atoms with Crippen molar-refractivity contribution in [3.63, 3.8) is 0 Å². The Labute approximate surface area is 170 Å². The summed E-state index contributed by atoms with van der Waals surface area (Å²) < 4.78 is 5.36. The van der Waals surface area contributed by atoms with Crippen molar-refractivity contribution in [2.45, 2.75) is 26.2 Å².